The van der Waals surface area contributed by atoms with E-state index in [1.54, 1.807) is 24.3 Å². The number of hydrogen-bond acceptors (Lipinski definition) is 4. The molecule has 0 spiro atoms. The molecular formula is C18H18O4Zn. The van der Waals surface area contributed by atoms with E-state index in [1.165, 1.54) is 0 Å². The van der Waals surface area contributed by atoms with E-state index in [0.29, 0.717) is 0 Å². The van der Waals surface area contributed by atoms with Crippen LogP contribution >= 0.6 is 0 Å². The average Bonchev–Trinajstić information content (AvgIpc) is 2.44. The summed E-state index contributed by atoms with van der Waals surface area (Å²) >= 11 is 0. The summed E-state index contributed by atoms with van der Waals surface area (Å²) < 4.78 is 0. The fourth-order valence-electron chi connectivity index (χ4n) is 1.75. The van der Waals surface area contributed by atoms with Crippen molar-refractivity contribution in [1.82, 2.24) is 0 Å². The van der Waals surface area contributed by atoms with Gasteiger partial charge in [-0.15, -0.1) is 0 Å². The number of aliphatic carboxylic acids is 2. The van der Waals surface area contributed by atoms with Gasteiger partial charge in [-0.2, -0.15) is 0 Å². The van der Waals surface area contributed by atoms with Gasteiger partial charge in [-0.05, 0) is 25.0 Å². The Hall–Kier alpha value is -2.00. The Morgan fingerprint density at radius 3 is 1.17 bits per heavy atom. The molecule has 116 valence electrons. The van der Waals surface area contributed by atoms with Crippen molar-refractivity contribution in [2.24, 2.45) is 0 Å². The van der Waals surface area contributed by atoms with Gasteiger partial charge in [-0.25, -0.2) is 0 Å². The molecule has 0 aliphatic carbocycles. The van der Waals surface area contributed by atoms with Gasteiger partial charge in [-0.1, -0.05) is 59.7 Å². The van der Waals surface area contributed by atoms with Gasteiger partial charge in [0.05, 0.1) is 0 Å². The van der Waals surface area contributed by atoms with E-state index in [1.807, 2.05) is 38.1 Å². The van der Waals surface area contributed by atoms with Crippen LogP contribution in [-0.4, -0.2) is 11.9 Å². The van der Waals surface area contributed by atoms with Crippen LogP contribution in [0.25, 0.3) is 0 Å². The van der Waals surface area contributed by atoms with Crippen molar-refractivity contribution in [2.45, 2.75) is 26.7 Å². The topological polar surface area (TPSA) is 80.3 Å². The van der Waals surface area contributed by atoms with Crippen LogP contribution in [0.3, 0.4) is 0 Å². The van der Waals surface area contributed by atoms with E-state index in [0.717, 1.165) is 22.3 Å². The Kier molecular flexibility index (Phi) is 9.76. The van der Waals surface area contributed by atoms with Crippen molar-refractivity contribution in [2.75, 3.05) is 0 Å². The molecule has 2 aromatic rings. The predicted molar refractivity (Wildman–Crippen MR) is 79.8 cm³/mol. The van der Waals surface area contributed by atoms with Gasteiger partial charge >= 0.3 is 19.5 Å². The molecule has 0 fully saturated rings. The van der Waals surface area contributed by atoms with Gasteiger partial charge in [0.2, 0.25) is 0 Å². The molecule has 4 nitrogen and oxygen atoms in total. The molecular weight excluding hydrogens is 346 g/mol. The van der Waals surface area contributed by atoms with Gasteiger partial charge in [0.15, 0.2) is 0 Å². The van der Waals surface area contributed by atoms with Crippen molar-refractivity contribution < 1.29 is 39.3 Å². The van der Waals surface area contributed by atoms with E-state index in [9.17, 15) is 19.8 Å². The molecule has 0 heterocycles. The minimum Gasteiger partial charge on any atom is -0.550 e. The van der Waals surface area contributed by atoms with Gasteiger partial charge in [0.1, 0.15) is 0 Å². The fraction of sp³-hybridized carbons (Fsp3) is 0.222. The molecule has 23 heavy (non-hydrogen) atoms. The Morgan fingerprint density at radius 2 is 0.957 bits per heavy atom. The number of carboxylic acid groups (broad SMARTS) is 2. The van der Waals surface area contributed by atoms with Crippen molar-refractivity contribution in [1.29, 1.82) is 0 Å². The largest absolute Gasteiger partial charge is 2.00 e. The van der Waals surface area contributed by atoms with Crippen LogP contribution in [0.1, 0.15) is 22.3 Å². The molecule has 0 saturated heterocycles. The first-order chi connectivity index (χ1) is 10.4. The Morgan fingerprint density at radius 1 is 0.696 bits per heavy atom. The maximum Gasteiger partial charge on any atom is 2.00 e. The van der Waals surface area contributed by atoms with E-state index < -0.39 is 11.9 Å². The summed E-state index contributed by atoms with van der Waals surface area (Å²) in [5.74, 6) is -2.07. The number of carbonyl (C=O) groups excluding carboxylic acids is 2. The van der Waals surface area contributed by atoms with Gasteiger partial charge < -0.3 is 19.8 Å². The third-order valence-corrected chi connectivity index (χ3v) is 2.94. The van der Waals surface area contributed by atoms with Gasteiger partial charge in [0, 0.05) is 24.8 Å². The van der Waals surface area contributed by atoms with Gasteiger partial charge in [0.25, 0.3) is 0 Å². The standard InChI is InChI=1S/2C9H10O2.Zn/c2*1-7-2-4-8(5-3-7)6-9(10)11;/h2*2-5H,6H2,1H3,(H,10,11);/q;;+2/p-2. The molecule has 0 saturated carbocycles. The van der Waals surface area contributed by atoms with Crippen LogP contribution in [0.2, 0.25) is 0 Å². The third kappa shape index (κ3) is 9.59. The second kappa shape index (κ2) is 10.7. The van der Waals surface area contributed by atoms with Gasteiger partial charge in [-0.3, -0.25) is 0 Å². The molecule has 0 atom stereocenters. The maximum atomic E-state index is 10.1. The molecule has 0 radical (unpaired) electrons. The number of hydrogen-bond donors (Lipinski definition) is 0. The number of aryl methyl sites for hydroxylation is 2. The second-order valence-electron chi connectivity index (χ2n) is 5.07. The summed E-state index contributed by atoms with van der Waals surface area (Å²) in [6.45, 7) is 3.92. The molecule has 2 aromatic carbocycles. The number of benzene rings is 2. The van der Waals surface area contributed by atoms with Crippen molar-refractivity contribution in [3.63, 3.8) is 0 Å². The summed E-state index contributed by atoms with van der Waals surface area (Å²) in [4.78, 5) is 20.3. The van der Waals surface area contributed by atoms with Crippen LogP contribution in [-0.2, 0) is 41.9 Å². The molecule has 0 aliphatic rings. The quantitative estimate of drug-likeness (QED) is 0.744. The monoisotopic (exact) mass is 362 g/mol. The Balaban J connectivity index is 0.000000403. The minimum atomic E-state index is -1.03. The zero-order valence-electron chi connectivity index (χ0n) is 13.4. The van der Waals surface area contributed by atoms with Crippen LogP contribution in [0.4, 0.5) is 0 Å². The van der Waals surface area contributed by atoms with Crippen molar-refractivity contribution in [3.8, 4) is 0 Å². The molecule has 2 rings (SSSR count). The summed E-state index contributed by atoms with van der Waals surface area (Å²) in [5.41, 5.74) is 3.84. The van der Waals surface area contributed by atoms with Crippen molar-refractivity contribution in [3.05, 3.63) is 70.8 Å². The fourth-order valence-corrected chi connectivity index (χ4v) is 1.75. The molecule has 5 heteroatoms. The van der Waals surface area contributed by atoms with Crippen molar-refractivity contribution >= 4 is 11.9 Å². The zero-order chi connectivity index (χ0) is 16.5. The molecule has 0 bridgehead atoms. The molecule has 0 aromatic heterocycles. The number of carbonyl (C=O) groups is 2. The summed E-state index contributed by atoms with van der Waals surface area (Å²) in [6, 6.07) is 14.7. The third-order valence-electron chi connectivity index (χ3n) is 2.94. The number of rotatable bonds is 4. The molecule has 0 N–H and O–H groups in total. The Bertz CT molecular complexity index is 561. The molecule has 0 amide bonds. The second-order valence-corrected chi connectivity index (χ2v) is 5.07. The average molecular weight is 364 g/mol. The normalized spacial score (nSPS) is 9.13. The Labute approximate surface area is 148 Å². The van der Waals surface area contributed by atoms with E-state index in [4.69, 9.17) is 0 Å². The van der Waals surface area contributed by atoms with Crippen LogP contribution < -0.4 is 10.2 Å². The number of carboxylic acids is 2. The predicted octanol–water partition coefficient (Wildman–Crippen LogP) is 0.572. The van der Waals surface area contributed by atoms with Crippen LogP contribution in [0.5, 0.6) is 0 Å². The van der Waals surface area contributed by atoms with E-state index in [2.05, 4.69) is 0 Å². The summed E-state index contributed by atoms with van der Waals surface area (Å²) in [5, 5.41) is 20.3. The molecule has 0 aliphatic heterocycles. The van der Waals surface area contributed by atoms with Crippen LogP contribution in [0.15, 0.2) is 48.5 Å². The maximum absolute atomic E-state index is 10.1. The molecule has 0 unspecified atom stereocenters. The zero-order valence-corrected chi connectivity index (χ0v) is 16.3. The summed E-state index contributed by atoms with van der Waals surface area (Å²) in [6.07, 6.45) is 0.000556. The van der Waals surface area contributed by atoms with E-state index in [-0.39, 0.29) is 32.3 Å². The minimum absolute atomic E-state index is 0. The van der Waals surface area contributed by atoms with Crippen LogP contribution in [0, 0.1) is 13.8 Å². The first-order valence-corrected chi connectivity index (χ1v) is 6.87. The smallest absolute Gasteiger partial charge is 0.550 e. The summed E-state index contributed by atoms with van der Waals surface area (Å²) in [7, 11) is 0. The first kappa shape index (κ1) is 21.0. The SMILES string of the molecule is Cc1ccc(CC(=O)[O-])cc1.Cc1ccc(CC(=O)[O-])cc1.[Zn+2]. The first-order valence-electron chi connectivity index (χ1n) is 6.87. The van der Waals surface area contributed by atoms with E-state index >= 15 is 0 Å².